The van der Waals surface area contributed by atoms with Crippen LogP contribution in [0.1, 0.15) is 88.8 Å². The summed E-state index contributed by atoms with van der Waals surface area (Å²) in [4.78, 5) is 9.97. The van der Waals surface area contributed by atoms with E-state index in [1.165, 1.54) is 49.7 Å². The lowest BCUT2D eigenvalue weighted by Crippen LogP contribution is -2.41. The standard InChI is InChI=1S/C55H50N2O2/c1-51(2)53(5,6)58-49(56-51)37-27-23-35(24-28-37)39-31-32-44-46(33-39)55(40-17-11-9-12-18-40,41-19-13-10-14-20-41)47-34-45(42-21-15-16-22-43(42)48(44)47)36-25-29-38(30-26-36)50-57-52(3,4)54(7,8)59-50/h9-34H,1-8H3. The maximum Gasteiger partial charge on any atom is 0.217 e. The highest BCUT2D eigenvalue weighted by molar-refractivity contribution is 6.10. The van der Waals surface area contributed by atoms with Crippen molar-refractivity contribution < 1.29 is 9.47 Å². The van der Waals surface area contributed by atoms with Crippen molar-refractivity contribution in [1.82, 2.24) is 0 Å². The van der Waals surface area contributed by atoms with E-state index in [0.29, 0.717) is 11.8 Å². The monoisotopic (exact) mass is 770 g/mol. The zero-order valence-electron chi connectivity index (χ0n) is 35.2. The number of fused-ring (bicyclic) bond motifs is 5. The molecule has 1 aliphatic carbocycles. The summed E-state index contributed by atoms with van der Waals surface area (Å²) in [6.45, 7) is 17.0. The van der Waals surface area contributed by atoms with Crippen molar-refractivity contribution in [2.24, 2.45) is 9.98 Å². The quantitative estimate of drug-likeness (QED) is 0.169. The minimum atomic E-state index is -0.588. The zero-order chi connectivity index (χ0) is 41.0. The minimum absolute atomic E-state index is 0.309. The average molecular weight is 771 g/mol. The highest BCUT2D eigenvalue weighted by atomic mass is 16.5. The number of aliphatic imine (C=N–C) groups is 2. The number of hydrogen-bond donors (Lipinski definition) is 0. The van der Waals surface area contributed by atoms with E-state index < -0.39 is 5.41 Å². The molecule has 0 unspecified atom stereocenters. The molecule has 7 aromatic carbocycles. The summed E-state index contributed by atoms with van der Waals surface area (Å²) in [5.74, 6) is 1.40. The molecule has 0 saturated carbocycles. The Morgan fingerprint density at radius 3 is 1.31 bits per heavy atom. The van der Waals surface area contributed by atoms with Gasteiger partial charge in [0.05, 0.1) is 16.5 Å². The van der Waals surface area contributed by atoms with Gasteiger partial charge in [0.25, 0.3) is 0 Å². The fourth-order valence-electron chi connectivity index (χ4n) is 9.16. The molecule has 0 fully saturated rings. The van der Waals surface area contributed by atoms with Gasteiger partial charge in [-0.15, -0.1) is 0 Å². The van der Waals surface area contributed by atoms with E-state index in [0.717, 1.165) is 27.8 Å². The first-order chi connectivity index (χ1) is 28.2. The topological polar surface area (TPSA) is 43.2 Å². The molecule has 10 rings (SSSR count). The molecule has 0 saturated heterocycles. The normalized spacial score (nSPS) is 18.6. The Balaban J connectivity index is 1.17. The van der Waals surface area contributed by atoms with Gasteiger partial charge in [0.1, 0.15) is 11.2 Å². The number of nitrogens with zero attached hydrogens (tertiary/aromatic N) is 2. The van der Waals surface area contributed by atoms with Crippen LogP contribution in [0.5, 0.6) is 0 Å². The van der Waals surface area contributed by atoms with Crippen LogP contribution in [0.3, 0.4) is 0 Å². The van der Waals surface area contributed by atoms with Gasteiger partial charge in [0, 0.05) is 11.1 Å². The van der Waals surface area contributed by atoms with Crippen LogP contribution < -0.4 is 0 Å². The highest BCUT2D eigenvalue weighted by Crippen LogP contribution is 2.59. The molecule has 0 spiro atoms. The largest absolute Gasteiger partial charge is 0.469 e. The fraction of sp³-hybridized carbons (Fsp3) is 0.236. The van der Waals surface area contributed by atoms with Crippen LogP contribution in [-0.2, 0) is 14.9 Å². The molecular weight excluding hydrogens is 721 g/mol. The van der Waals surface area contributed by atoms with E-state index in [2.05, 4.69) is 213 Å². The van der Waals surface area contributed by atoms with E-state index in [-0.39, 0.29) is 22.3 Å². The van der Waals surface area contributed by atoms with Gasteiger partial charge in [-0.3, -0.25) is 0 Å². The molecule has 7 aromatic rings. The molecule has 59 heavy (non-hydrogen) atoms. The van der Waals surface area contributed by atoms with E-state index in [1.54, 1.807) is 0 Å². The van der Waals surface area contributed by atoms with Gasteiger partial charge in [0.2, 0.25) is 11.8 Å². The lowest BCUT2D eigenvalue weighted by molar-refractivity contribution is 0.0618. The Bertz CT molecular complexity index is 2810. The highest BCUT2D eigenvalue weighted by Gasteiger charge is 2.49. The Morgan fingerprint density at radius 2 is 0.814 bits per heavy atom. The predicted octanol–water partition coefficient (Wildman–Crippen LogP) is 13.2. The van der Waals surface area contributed by atoms with Gasteiger partial charge in [0.15, 0.2) is 0 Å². The molecule has 0 radical (unpaired) electrons. The third-order valence-electron chi connectivity index (χ3n) is 13.9. The Morgan fingerprint density at radius 1 is 0.373 bits per heavy atom. The van der Waals surface area contributed by atoms with Crippen LogP contribution in [0, 0.1) is 0 Å². The van der Waals surface area contributed by atoms with E-state index in [9.17, 15) is 0 Å². The molecule has 2 heterocycles. The molecule has 2 aliphatic heterocycles. The minimum Gasteiger partial charge on any atom is -0.469 e. The molecule has 4 nitrogen and oxygen atoms in total. The summed E-state index contributed by atoms with van der Waals surface area (Å²) in [6, 6.07) is 58.1. The van der Waals surface area contributed by atoms with Crippen LogP contribution >= 0.6 is 0 Å². The molecule has 0 N–H and O–H groups in total. The van der Waals surface area contributed by atoms with E-state index in [4.69, 9.17) is 19.5 Å². The number of rotatable bonds is 6. The predicted molar refractivity (Wildman–Crippen MR) is 244 cm³/mol. The lowest BCUT2D eigenvalue weighted by Gasteiger charge is -2.34. The van der Waals surface area contributed by atoms with Gasteiger partial charge in [-0.2, -0.15) is 0 Å². The Kier molecular flexibility index (Phi) is 8.08. The van der Waals surface area contributed by atoms with Crippen molar-refractivity contribution in [1.29, 1.82) is 0 Å². The average Bonchev–Trinajstić information content (AvgIpc) is 3.75. The van der Waals surface area contributed by atoms with Crippen LogP contribution in [0.2, 0.25) is 0 Å². The molecule has 0 bridgehead atoms. The summed E-state index contributed by atoms with van der Waals surface area (Å²) in [6.07, 6.45) is 0. The van der Waals surface area contributed by atoms with Crippen molar-refractivity contribution in [2.75, 3.05) is 0 Å². The van der Waals surface area contributed by atoms with Gasteiger partial charge < -0.3 is 9.47 Å². The molecular formula is C55H50N2O2. The maximum absolute atomic E-state index is 6.41. The Hall–Kier alpha value is -6.26. The zero-order valence-corrected chi connectivity index (χ0v) is 35.2. The summed E-state index contributed by atoms with van der Waals surface area (Å²) >= 11 is 0. The van der Waals surface area contributed by atoms with Crippen LogP contribution in [0.4, 0.5) is 0 Å². The van der Waals surface area contributed by atoms with Crippen molar-refractivity contribution in [3.05, 3.63) is 191 Å². The van der Waals surface area contributed by atoms with Crippen molar-refractivity contribution in [3.8, 4) is 33.4 Å². The van der Waals surface area contributed by atoms with Gasteiger partial charge in [-0.25, -0.2) is 9.98 Å². The van der Waals surface area contributed by atoms with Gasteiger partial charge >= 0.3 is 0 Å². The van der Waals surface area contributed by atoms with Crippen molar-refractivity contribution in [3.63, 3.8) is 0 Å². The number of hydrogen-bond acceptors (Lipinski definition) is 4. The molecule has 0 amide bonds. The first kappa shape index (κ1) is 37.0. The summed E-state index contributed by atoms with van der Waals surface area (Å²) in [5.41, 5.74) is 12.2. The summed E-state index contributed by atoms with van der Waals surface area (Å²) in [7, 11) is 0. The second kappa shape index (κ2) is 12.9. The number of benzene rings is 7. The lowest BCUT2D eigenvalue weighted by atomic mass is 9.67. The number of ether oxygens (including phenoxy) is 2. The first-order valence-electron chi connectivity index (χ1n) is 20.8. The van der Waals surface area contributed by atoms with Crippen molar-refractivity contribution >= 4 is 22.6 Å². The second-order valence-corrected chi connectivity index (χ2v) is 18.5. The molecule has 3 aliphatic rings. The van der Waals surface area contributed by atoms with Crippen LogP contribution in [-0.4, -0.2) is 34.1 Å². The third kappa shape index (κ3) is 5.56. The van der Waals surface area contributed by atoms with Crippen molar-refractivity contribution in [2.45, 2.75) is 83.1 Å². The smallest absolute Gasteiger partial charge is 0.217 e. The summed E-state index contributed by atoms with van der Waals surface area (Å²) in [5, 5.41) is 2.47. The summed E-state index contributed by atoms with van der Waals surface area (Å²) < 4.78 is 12.8. The molecule has 0 aromatic heterocycles. The molecule has 0 atom stereocenters. The van der Waals surface area contributed by atoms with Crippen LogP contribution in [0.15, 0.2) is 168 Å². The van der Waals surface area contributed by atoms with Crippen LogP contribution in [0.25, 0.3) is 44.2 Å². The van der Waals surface area contributed by atoms with E-state index in [1.807, 2.05) is 0 Å². The Labute approximate surface area is 348 Å². The van der Waals surface area contributed by atoms with Gasteiger partial charge in [-0.05, 0) is 158 Å². The maximum atomic E-state index is 6.41. The molecule has 4 heteroatoms. The van der Waals surface area contributed by atoms with Gasteiger partial charge in [-0.1, -0.05) is 121 Å². The fourth-order valence-corrected chi connectivity index (χ4v) is 9.16. The second-order valence-electron chi connectivity index (χ2n) is 18.5. The van der Waals surface area contributed by atoms with E-state index >= 15 is 0 Å². The molecule has 292 valence electrons. The first-order valence-corrected chi connectivity index (χ1v) is 20.8. The SMILES string of the molecule is CC1(C)N=C(c2ccc(-c3ccc4c(c3)C(c3ccccc3)(c3ccccc3)c3cc(-c5ccc(C6=NC(C)(C)C(C)(C)O6)cc5)c5ccccc5c3-4)cc2)OC1(C)C. The third-order valence-corrected chi connectivity index (χ3v) is 13.9.